The van der Waals surface area contributed by atoms with E-state index in [2.05, 4.69) is 26.2 Å². The number of carbonyl (C=O) groups excluding carboxylic acids is 3. The van der Waals surface area contributed by atoms with Crippen molar-refractivity contribution in [2.45, 2.75) is 35.0 Å². The molecule has 8 nitrogen and oxygen atoms in total. The van der Waals surface area contributed by atoms with Crippen LogP contribution in [0.3, 0.4) is 0 Å². The molecule has 52 heavy (non-hydrogen) atoms. The van der Waals surface area contributed by atoms with E-state index in [4.69, 9.17) is 4.74 Å². The van der Waals surface area contributed by atoms with Gasteiger partial charge >= 0.3 is 17.2 Å². The Balaban J connectivity index is 1.11. The second-order valence-electron chi connectivity index (χ2n) is 13.1. The monoisotopic (exact) mass is 823 g/mol. The van der Waals surface area contributed by atoms with Crippen LogP contribution < -0.4 is 19.8 Å². The summed E-state index contributed by atoms with van der Waals surface area (Å²) in [5.74, 6) is -4.61. The molecule has 2 N–H and O–H groups in total. The second kappa shape index (κ2) is 12.5. The first-order valence-electron chi connectivity index (χ1n) is 15.9. The summed E-state index contributed by atoms with van der Waals surface area (Å²) in [4.78, 5) is 57.8. The number of thioether (sulfide) groups is 1. The lowest BCUT2D eigenvalue weighted by atomic mass is 9.68. The minimum atomic E-state index is -4.67. The van der Waals surface area contributed by atoms with Crippen LogP contribution in [0.15, 0.2) is 81.0 Å². The smallest absolute Gasteiger partial charge is 0.416 e. The fraction of sp³-hybridized carbons (Fsp3) is 0.314. The van der Waals surface area contributed by atoms with Crippen LogP contribution in [0.5, 0.6) is 5.75 Å². The molecule has 3 aromatic carbocycles. The molecule has 4 unspecified atom stereocenters. The quantitative estimate of drug-likeness (QED) is 0.151. The van der Waals surface area contributed by atoms with E-state index < -0.39 is 65.6 Å². The highest BCUT2D eigenvalue weighted by atomic mass is 79.9. The van der Waals surface area contributed by atoms with Crippen molar-refractivity contribution >= 4 is 68.1 Å². The van der Waals surface area contributed by atoms with Crippen LogP contribution in [-0.4, -0.2) is 34.6 Å². The van der Waals surface area contributed by atoms with Gasteiger partial charge in [-0.25, -0.2) is 0 Å². The van der Waals surface area contributed by atoms with E-state index in [9.17, 15) is 45.5 Å². The number of H-pyrrole nitrogens is 1. The van der Waals surface area contributed by atoms with Gasteiger partial charge in [-0.2, -0.15) is 26.3 Å². The van der Waals surface area contributed by atoms with Crippen LogP contribution in [0.2, 0.25) is 0 Å². The number of amides is 3. The molecule has 2 aliphatic carbocycles. The number of hydrogen-bond donors (Lipinski definition) is 2. The van der Waals surface area contributed by atoms with E-state index in [0.717, 1.165) is 46.6 Å². The standard InChI is InChI=1S/C35H24BrF6N3O5S2/c36-16-7-8-22(50-13-23(46)43-17-5-1-3-14(9-17)34(37,38)39)19(11-16)24-25-20-12-21(28(25)51-30-29(24)52-33(49)44-30)27-26(20)31(47)45(32(27)48)18-6-2-4-15(10-18)35(40,41)42/h1-11,20-21,24-28H,12-13H2,(H,43,46)(H,44,49)/t20-,21-,24-,25?,26?,27?,28?/m1/s1. The van der Waals surface area contributed by atoms with Crippen LogP contribution in [0.4, 0.5) is 37.7 Å². The normalized spacial score (nSPS) is 26.3. The number of nitrogens with one attached hydrogen (secondary N) is 2. The van der Waals surface area contributed by atoms with Gasteiger partial charge < -0.3 is 15.0 Å². The maximum absolute atomic E-state index is 14.1. The molecule has 4 aliphatic rings. The van der Waals surface area contributed by atoms with Gasteiger partial charge in [0.1, 0.15) is 5.75 Å². The molecule has 3 fully saturated rings. The topological polar surface area (TPSA) is 109 Å². The SMILES string of the molecule is O=C(COc1ccc(Br)cc1[C@H]1c2sc(=O)[nH]c2SC2C1[C@H]1C[C@@H]2C2C(=O)N(c3cccc(C(F)(F)F)c3)C(=O)C21)Nc1cccc(C(F)(F)F)c1. The fourth-order valence-electron chi connectivity index (χ4n) is 8.45. The molecule has 17 heteroatoms. The van der Waals surface area contributed by atoms with Gasteiger partial charge in [-0.05, 0) is 78.8 Å². The van der Waals surface area contributed by atoms with Crippen LogP contribution >= 0.6 is 39.0 Å². The highest BCUT2D eigenvalue weighted by molar-refractivity contribution is 9.10. The van der Waals surface area contributed by atoms with Crippen molar-refractivity contribution in [1.29, 1.82) is 0 Å². The van der Waals surface area contributed by atoms with E-state index in [-0.39, 0.29) is 45.0 Å². The molecule has 270 valence electrons. The summed E-state index contributed by atoms with van der Waals surface area (Å²) in [5.41, 5.74) is -1.53. The van der Waals surface area contributed by atoms with Crippen LogP contribution in [0.25, 0.3) is 0 Å². The zero-order valence-electron chi connectivity index (χ0n) is 26.3. The molecule has 3 heterocycles. The molecule has 7 atom stereocenters. The highest BCUT2D eigenvalue weighted by Gasteiger charge is 2.70. The van der Waals surface area contributed by atoms with Gasteiger partial charge in [-0.1, -0.05) is 39.4 Å². The number of ether oxygens (including phenoxy) is 1. The number of rotatable bonds is 6. The number of nitrogens with zero attached hydrogens (tertiary/aromatic N) is 1. The molecule has 8 rings (SSSR count). The van der Waals surface area contributed by atoms with E-state index >= 15 is 0 Å². The van der Waals surface area contributed by atoms with E-state index in [1.54, 1.807) is 18.2 Å². The first-order chi connectivity index (χ1) is 24.6. The predicted molar refractivity (Wildman–Crippen MR) is 182 cm³/mol. The zero-order valence-corrected chi connectivity index (χ0v) is 29.5. The average molecular weight is 825 g/mol. The largest absolute Gasteiger partial charge is 0.483 e. The Labute approximate surface area is 307 Å². The van der Waals surface area contributed by atoms with Crippen LogP contribution in [0, 0.1) is 29.6 Å². The molecule has 3 amide bonds. The van der Waals surface area contributed by atoms with E-state index in [1.165, 1.54) is 30.0 Å². The summed E-state index contributed by atoms with van der Waals surface area (Å²) in [7, 11) is 0. The molecule has 2 aliphatic heterocycles. The molecule has 0 spiro atoms. The lowest BCUT2D eigenvalue weighted by molar-refractivity contribution is -0.138. The molecular formula is C35H24BrF6N3O5S2. The van der Waals surface area contributed by atoms with Gasteiger partial charge in [-0.3, -0.25) is 24.1 Å². The van der Waals surface area contributed by atoms with E-state index in [1.807, 2.05) is 0 Å². The van der Waals surface area contributed by atoms with Crippen LogP contribution in [0.1, 0.15) is 33.9 Å². The lowest BCUT2D eigenvalue weighted by Crippen LogP contribution is -2.42. The van der Waals surface area contributed by atoms with Crippen molar-refractivity contribution in [3.63, 3.8) is 0 Å². The first-order valence-corrected chi connectivity index (χ1v) is 18.4. The third-order valence-electron chi connectivity index (χ3n) is 10.3. The summed E-state index contributed by atoms with van der Waals surface area (Å²) in [6.45, 7) is -0.563. The number of halogens is 7. The molecule has 1 saturated heterocycles. The van der Waals surface area contributed by atoms with Gasteiger partial charge in [0.2, 0.25) is 11.8 Å². The Morgan fingerprint density at radius 3 is 2.29 bits per heavy atom. The van der Waals surface area contributed by atoms with Crippen molar-refractivity contribution in [3.05, 3.63) is 102 Å². The maximum Gasteiger partial charge on any atom is 0.416 e. The van der Waals surface area contributed by atoms with Crippen molar-refractivity contribution in [2.24, 2.45) is 29.6 Å². The Kier molecular flexibility index (Phi) is 8.41. The van der Waals surface area contributed by atoms with E-state index in [0.29, 0.717) is 26.4 Å². The minimum absolute atomic E-state index is 0.0696. The number of benzene rings is 3. The van der Waals surface area contributed by atoms with Gasteiger partial charge in [0.05, 0.1) is 33.7 Å². The molecular weight excluding hydrogens is 800 g/mol. The number of anilines is 2. The summed E-state index contributed by atoms with van der Waals surface area (Å²) in [5, 5.41) is 2.77. The fourth-order valence-corrected chi connectivity index (χ4v) is 11.7. The minimum Gasteiger partial charge on any atom is -0.483 e. The third-order valence-corrected chi connectivity index (χ3v) is 13.4. The molecule has 2 saturated carbocycles. The maximum atomic E-state index is 14.1. The summed E-state index contributed by atoms with van der Waals surface area (Å²) < 4.78 is 87.0. The number of aromatic nitrogens is 1. The van der Waals surface area contributed by atoms with Crippen molar-refractivity contribution < 1.29 is 45.5 Å². The Morgan fingerprint density at radius 2 is 1.58 bits per heavy atom. The van der Waals surface area contributed by atoms with Gasteiger partial charge in [0.25, 0.3) is 5.91 Å². The number of imide groups is 1. The number of alkyl halides is 6. The van der Waals surface area contributed by atoms with Gasteiger partial charge in [0, 0.05) is 31.8 Å². The van der Waals surface area contributed by atoms with Crippen LogP contribution in [-0.2, 0) is 26.7 Å². The zero-order chi connectivity index (χ0) is 36.9. The molecule has 2 bridgehead atoms. The number of carbonyl (C=O) groups is 3. The average Bonchev–Trinajstić information content (AvgIpc) is 3.82. The Morgan fingerprint density at radius 1 is 0.904 bits per heavy atom. The Hall–Kier alpha value is -4.09. The second-order valence-corrected chi connectivity index (χ2v) is 16.2. The summed E-state index contributed by atoms with van der Waals surface area (Å²) >= 11 is 5.92. The first kappa shape index (κ1) is 35.0. The summed E-state index contributed by atoms with van der Waals surface area (Å²) in [6, 6.07) is 13.4. The number of thiazole rings is 1. The van der Waals surface area contributed by atoms with Crippen molar-refractivity contribution in [2.75, 3.05) is 16.8 Å². The third kappa shape index (κ3) is 5.84. The molecule has 4 aromatic rings. The van der Waals surface area contributed by atoms with Gasteiger partial charge in [0.15, 0.2) is 6.61 Å². The van der Waals surface area contributed by atoms with Crippen molar-refractivity contribution in [1.82, 2.24) is 4.98 Å². The number of fused-ring (bicyclic) bond motifs is 9. The predicted octanol–water partition coefficient (Wildman–Crippen LogP) is 7.93. The molecule has 1 aromatic heterocycles. The number of hydrogen-bond acceptors (Lipinski definition) is 7. The van der Waals surface area contributed by atoms with Crippen molar-refractivity contribution in [3.8, 4) is 5.75 Å². The lowest BCUT2D eigenvalue weighted by Gasteiger charge is -2.43. The number of aromatic amines is 1. The van der Waals surface area contributed by atoms with Gasteiger partial charge in [-0.15, -0.1) is 11.8 Å². The highest BCUT2D eigenvalue weighted by Crippen LogP contribution is 2.69. The summed E-state index contributed by atoms with van der Waals surface area (Å²) in [6.07, 6.45) is -8.76. The Bertz CT molecular complexity index is 2210. The molecule has 0 radical (unpaired) electrons.